The molecule has 0 aliphatic rings. The van der Waals surface area contributed by atoms with Gasteiger partial charge in [-0.1, -0.05) is 29.0 Å². The summed E-state index contributed by atoms with van der Waals surface area (Å²) in [4.78, 5) is 17.6. The Kier molecular flexibility index (Phi) is 5.11. The second-order valence-corrected chi connectivity index (χ2v) is 6.61. The minimum absolute atomic E-state index is 0.371. The Balaban J connectivity index is 2.14. The lowest BCUT2D eigenvalue weighted by Crippen LogP contribution is -2.16. The highest BCUT2D eigenvalue weighted by Gasteiger charge is 2.14. The molecule has 0 N–H and O–H groups in total. The second-order valence-electron chi connectivity index (χ2n) is 5.20. The molecule has 25 heavy (non-hydrogen) atoms. The molecule has 1 heterocycles. The van der Waals surface area contributed by atoms with E-state index in [0.29, 0.717) is 33.4 Å². The third kappa shape index (κ3) is 3.27. The van der Waals surface area contributed by atoms with Gasteiger partial charge in [-0.2, -0.15) is 4.99 Å². The molecule has 7 heteroatoms. The second kappa shape index (κ2) is 7.29. The van der Waals surface area contributed by atoms with Crippen LogP contribution in [0.4, 0.5) is 0 Å². The number of aryl methyl sites for hydroxylation is 1. The zero-order valence-corrected chi connectivity index (χ0v) is 15.6. The number of hydrogen-bond donors (Lipinski definition) is 0. The summed E-state index contributed by atoms with van der Waals surface area (Å²) in [6.07, 6.45) is 0. The fourth-order valence-electron chi connectivity index (χ4n) is 2.59. The van der Waals surface area contributed by atoms with Gasteiger partial charge in [-0.25, -0.2) is 0 Å². The van der Waals surface area contributed by atoms with Crippen LogP contribution in [0, 0.1) is 0 Å². The van der Waals surface area contributed by atoms with Crippen molar-refractivity contribution < 1.29 is 14.3 Å². The molecule has 0 aliphatic heterocycles. The molecule has 0 fully saturated rings. The van der Waals surface area contributed by atoms with E-state index in [2.05, 4.69) is 4.99 Å². The topological polar surface area (TPSA) is 52.8 Å². The molecule has 3 rings (SSSR count). The van der Waals surface area contributed by atoms with E-state index in [4.69, 9.17) is 21.1 Å². The maximum Gasteiger partial charge on any atom is 0.283 e. The molecule has 1 aromatic heterocycles. The molecule has 5 nitrogen and oxygen atoms in total. The van der Waals surface area contributed by atoms with Gasteiger partial charge in [0.1, 0.15) is 11.5 Å². The first-order valence-corrected chi connectivity index (χ1v) is 8.87. The van der Waals surface area contributed by atoms with Crippen molar-refractivity contribution in [2.75, 3.05) is 14.2 Å². The highest BCUT2D eigenvalue weighted by atomic mass is 35.5. The van der Waals surface area contributed by atoms with Crippen molar-refractivity contribution >= 4 is 39.1 Å². The smallest absolute Gasteiger partial charge is 0.283 e. The molecule has 0 aliphatic carbocycles. The Hall–Kier alpha value is -2.31. The first-order chi connectivity index (χ1) is 12.1. The number of para-hydroxylation sites is 1. The standard InChI is InChI=1S/C18H17ClN2O3S/c1-4-21-16-13(19)6-5-7-15(16)25-18(21)20-17(22)12-9-8-11(23-2)10-14(12)24-3/h5-10H,4H2,1-3H3. The summed E-state index contributed by atoms with van der Waals surface area (Å²) in [6, 6.07) is 10.7. The summed E-state index contributed by atoms with van der Waals surface area (Å²) in [5.74, 6) is 0.672. The molecule has 0 bridgehead atoms. The van der Waals surface area contributed by atoms with E-state index in [1.54, 1.807) is 25.3 Å². The van der Waals surface area contributed by atoms with E-state index >= 15 is 0 Å². The summed E-state index contributed by atoms with van der Waals surface area (Å²) < 4.78 is 13.4. The van der Waals surface area contributed by atoms with E-state index in [-0.39, 0.29) is 5.91 Å². The van der Waals surface area contributed by atoms with Crippen molar-refractivity contribution in [3.63, 3.8) is 0 Å². The molecule has 3 aromatic rings. The van der Waals surface area contributed by atoms with E-state index in [1.807, 2.05) is 29.7 Å². The van der Waals surface area contributed by atoms with E-state index in [9.17, 15) is 4.79 Å². The maximum atomic E-state index is 12.7. The van der Waals surface area contributed by atoms with Crippen LogP contribution in [0.5, 0.6) is 11.5 Å². The average Bonchev–Trinajstić information content (AvgIpc) is 2.99. The predicted molar refractivity (Wildman–Crippen MR) is 99.9 cm³/mol. The third-order valence-electron chi connectivity index (χ3n) is 3.80. The van der Waals surface area contributed by atoms with Gasteiger partial charge in [0.15, 0.2) is 4.80 Å². The largest absolute Gasteiger partial charge is 0.497 e. The third-order valence-corrected chi connectivity index (χ3v) is 5.15. The zero-order chi connectivity index (χ0) is 18.0. The number of ether oxygens (including phenoxy) is 2. The fourth-order valence-corrected chi connectivity index (χ4v) is 4.04. The van der Waals surface area contributed by atoms with Crippen LogP contribution in [0.2, 0.25) is 5.02 Å². The van der Waals surface area contributed by atoms with Gasteiger partial charge in [0.05, 0.1) is 35.0 Å². The number of nitrogens with zero attached hydrogens (tertiary/aromatic N) is 2. The molecule has 0 saturated heterocycles. The summed E-state index contributed by atoms with van der Waals surface area (Å²) in [5.41, 5.74) is 1.28. The van der Waals surface area contributed by atoms with E-state index in [0.717, 1.165) is 10.2 Å². The van der Waals surface area contributed by atoms with Gasteiger partial charge in [-0.3, -0.25) is 4.79 Å². The van der Waals surface area contributed by atoms with Crippen LogP contribution in [0.15, 0.2) is 41.4 Å². The Labute approximate surface area is 154 Å². The molecule has 130 valence electrons. The Morgan fingerprint density at radius 2 is 2.04 bits per heavy atom. The van der Waals surface area contributed by atoms with Crippen LogP contribution in [0.3, 0.4) is 0 Å². The fraction of sp³-hybridized carbons (Fsp3) is 0.222. The molecule has 0 atom stereocenters. The number of aromatic nitrogens is 1. The molecular weight excluding hydrogens is 360 g/mol. The lowest BCUT2D eigenvalue weighted by molar-refractivity contribution is 0.0995. The monoisotopic (exact) mass is 376 g/mol. The first kappa shape index (κ1) is 17.5. The Morgan fingerprint density at radius 1 is 1.24 bits per heavy atom. The first-order valence-electron chi connectivity index (χ1n) is 7.68. The number of carbonyl (C=O) groups is 1. The number of halogens is 1. The van der Waals surface area contributed by atoms with Crippen LogP contribution in [-0.2, 0) is 6.54 Å². The number of rotatable bonds is 4. The Morgan fingerprint density at radius 3 is 2.72 bits per heavy atom. The average molecular weight is 377 g/mol. The zero-order valence-electron chi connectivity index (χ0n) is 14.1. The summed E-state index contributed by atoms with van der Waals surface area (Å²) in [6.45, 7) is 2.66. The number of thiazole rings is 1. The number of fused-ring (bicyclic) bond motifs is 1. The van der Waals surface area contributed by atoms with Gasteiger partial charge in [0.25, 0.3) is 5.91 Å². The van der Waals surface area contributed by atoms with Crippen molar-refractivity contribution in [2.45, 2.75) is 13.5 Å². The van der Waals surface area contributed by atoms with Crippen molar-refractivity contribution in [1.82, 2.24) is 4.57 Å². The number of amides is 1. The number of carbonyl (C=O) groups excluding carboxylic acids is 1. The van der Waals surface area contributed by atoms with Gasteiger partial charge >= 0.3 is 0 Å². The Bertz CT molecular complexity index is 1010. The van der Waals surface area contributed by atoms with Gasteiger partial charge in [-0.15, -0.1) is 0 Å². The highest BCUT2D eigenvalue weighted by molar-refractivity contribution is 7.16. The van der Waals surface area contributed by atoms with Crippen LogP contribution in [0.1, 0.15) is 17.3 Å². The van der Waals surface area contributed by atoms with Crippen molar-refractivity contribution in [3.8, 4) is 11.5 Å². The minimum Gasteiger partial charge on any atom is -0.497 e. The predicted octanol–water partition coefficient (Wildman–Crippen LogP) is 4.13. The minimum atomic E-state index is -0.371. The normalized spacial score (nSPS) is 11.8. The van der Waals surface area contributed by atoms with Crippen molar-refractivity contribution in [2.24, 2.45) is 4.99 Å². The summed E-state index contributed by atoms with van der Waals surface area (Å²) in [7, 11) is 3.07. The van der Waals surface area contributed by atoms with Crippen LogP contribution in [-0.4, -0.2) is 24.7 Å². The molecule has 2 aromatic carbocycles. The number of methoxy groups -OCH3 is 2. The van der Waals surface area contributed by atoms with Gasteiger partial charge < -0.3 is 14.0 Å². The van der Waals surface area contributed by atoms with E-state index < -0.39 is 0 Å². The van der Waals surface area contributed by atoms with Crippen LogP contribution >= 0.6 is 22.9 Å². The van der Waals surface area contributed by atoms with Crippen molar-refractivity contribution in [1.29, 1.82) is 0 Å². The molecular formula is C18H17ClN2O3S. The molecule has 0 unspecified atom stereocenters. The molecule has 1 amide bonds. The molecule has 0 saturated carbocycles. The van der Waals surface area contributed by atoms with Gasteiger partial charge in [0, 0.05) is 12.6 Å². The lowest BCUT2D eigenvalue weighted by Gasteiger charge is -2.07. The number of hydrogen-bond acceptors (Lipinski definition) is 4. The quantitative estimate of drug-likeness (QED) is 0.687. The van der Waals surface area contributed by atoms with Gasteiger partial charge in [0.2, 0.25) is 0 Å². The molecule has 0 spiro atoms. The summed E-state index contributed by atoms with van der Waals surface area (Å²) in [5, 5.41) is 0.645. The lowest BCUT2D eigenvalue weighted by atomic mass is 10.2. The summed E-state index contributed by atoms with van der Waals surface area (Å²) >= 11 is 7.75. The van der Waals surface area contributed by atoms with E-state index in [1.165, 1.54) is 18.4 Å². The van der Waals surface area contributed by atoms with Crippen LogP contribution < -0.4 is 14.3 Å². The highest BCUT2D eigenvalue weighted by Crippen LogP contribution is 2.27. The van der Waals surface area contributed by atoms with Crippen molar-refractivity contribution in [3.05, 3.63) is 51.8 Å². The number of benzene rings is 2. The molecule has 0 radical (unpaired) electrons. The maximum absolute atomic E-state index is 12.7. The van der Waals surface area contributed by atoms with Crippen LogP contribution in [0.25, 0.3) is 10.2 Å². The van der Waals surface area contributed by atoms with Gasteiger partial charge in [-0.05, 0) is 31.2 Å². The SMILES string of the molecule is CCn1c(=NC(=O)c2ccc(OC)cc2OC)sc2cccc(Cl)c21.